The summed E-state index contributed by atoms with van der Waals surface area (Å²) in [6, 6.07) is 9.57. The topological polar surface area (TPSA) is 51.1 Å². The number of alkyl halides is 3. The molecule has 0 saturated carbocycles. The number of nitrogens with zero attached hydrogens (tertiary/aromatic N) is 1. The van der Waals surface area contributed by atoms with Crippen LogP contribution < -0.4 is 10.7 Å². The van der Waals surface area contributed by atoms with E-state index in [0.717, 1.165) is 36.1 Å². The van der Waals surface area contributed by atoms with Crippen molar-refractivity contribution in [3.63, 3.8) is 0 Å². The minimum absolute atomic E-state index is 0.0264. The standard InChI is InChI=1S/C20H15F3N2O2/c21-20(22,23)13-6-8-14(9-7-13)24-19(27)16-11-25-10-2-4-12-3-1-5-15(17(12)25)18(16)26/h1,3,5-9,11H,2,4,10H2,(H,24,27). The molecule has 1 N–H and O–H groups in total. The van der Waals surface area contributed by atoms with E-state index in [1.807, 2.05) is 10.6 Å². The Bertz CT molecular complexity index is 1100. The van der Waals surface area contributed by atoms with Crippen LogP contribution in [-0.4, -0.2) is 10.5 Å². The zero-order chi connectivity index (χ0) is 19.2. The van der Waals surface area contributed by atoms with Gasteiger partial charge in [0.25, 0.3) is 5.91 Å². The second-order valence-electron chi connectivity index (χ2n) is 6.51. The summed E-state index contributed by atoms with van der Waals surface area (Å²) in [7, 11) is 0. The number of rotatable bonds is 2. The molecule has 2 heterocycles. The molecule has 0 saturated heterocycles. The average Bonchev–Trinajstić information content (AvgIpc) is 2.64. The third-order valence-electron chi connectivity index (χ3n) is 4.74. The normalized spacial score (nSPS) is 13.6. The van der Waals surface area contributed by atoms with Gasteiger partial charge in [0.15, 0.2) is 0 Å². The van der Waals surface area contributed by atoms with Crippen LogP contribution in [0.2, 0.25) is 0 Å². The van der Waals surface area contributed by atoms with Crippen molar-refractivity contribution in [1.29, 1.82) is 0 Å². The molecule has 1 aliphatic rings. The number of hydrogen-bond acceptors (Lipinski definition) is 2. The van der Waals surface area contributed by atoms with Crippen LogP contribution in [0.5, 0.6) is 0 Å². The Balaban J connectivity index is 1.70. The van der Waals surface area contributed by atoms with E-state index >= 15 is 0 Å². The highest BCUT2D eigenvalue weighted by Crippen LogP contribution is 2.30. The lowest BCUT2D eigenvalue weighted by molar-refractivity contribution is -0.137. The number of anilines is 1. The maximum absolute atomic E-state index is 12.8. The van der Waals surface area contributed by atoms with E-state index in [1.54, 1.807) is 12.1 Å². The van der Waals surface area contributed by atoms with Gasteiger partial charge in [-0.1, -0.05) is 12.1 Å². The summed E-state index contributed by atoms with van der Waals surface area (Å²) in [5.41, 5.74) is 0.907. The Morgan fingerprint density at radius 2 is 1.81 bits per heavy atom. The van der Waals surface area contributed by atoms with Crippen molar-refractivity contribution in [2.24, 2.45) is 0 Å². The van der Waals surface area contributed by atoms with E-state index in [-0.39, 0.29) is 16.7 Å². The van der Waals surface area contributed by atoms with E-state index in [4.69, 9.17) is 0 Å². The number of aromatic nitrogens is 1. The van der Waals surface area contributed by atoms with Crippen molar-refractivity contribution >= 4 is 22.5 Å². The Morgan fingerprint density at radius 1 is 1.07 bits per heavy atom. The maximum atomic E-state index is 12.8. The third kappa shape index (κ3) is 3.09. The van der Waals surface area contributed by atoms with E-state index < -0.39 is 17.6 Å². The summed E-state index contributed by atoms with van der Waals surface area (Å²) < 4.78 is 39.8. The van der Waals surface area contributed by atoms with E-state index in [0.29, 0.717) is 11.9 Å². The first-order valence-corrected chi connectivity index (χ1v) is 8.48. The fraction of sp³-hybridized carbons (Fsp3) is 0.200. The summed E-state index contributed by atoms with van der Waals surface area (Å²) >= 11 is 0. The van der Waals surface area contributed by atoms with Crippen LogP contribution in [0.15, 0.2) is 53.5 Å². The summed E-state index contributed by atoms with van der Waals surface area (Å²) in [5.74, 6) is -0.638. The summed E-state index contributed by atoms with van der Waals surface area (Å²) in [6.45, 7) is 0.703. The average molecular weight is 372 g/mol. The van der Waals surface area contributed by atoms with Crippen molar-refractivity contribution in [3.05, 3.63) is 75.6 Å². The van der Waals surface area contributed by atoms with Gasteiger partial charge in [0.05, 0.1) is 11.1 Å². The van der Waals surface area contributed by atoms with Gasteiger partial charge in [-0.3, -0.25) is 9.59 Å². The van der Waals surface area contributed by atoms with Crippen LogP contribution in [0.3, 0.4) is 0 Å². The third-order valence-corrected chi connectivity index (χ3v) is 4.74. The number of hydrogen-bond donors (Lipinski definition) is 1. The van der Waals surface area contributed by atoms with Gasteiger partial charge in [-0.15, -0.1) is 0 Å². The predicted octanol–water partition coefficient (Wildman–Crippen LogP) is 4.22. The van der Waals surface area contributed by atoms with Crippen molar-refractivity contribution in [2.75, 3.05) is 5.32 Å². The van der Waals surface area contributed by atoms with Gasteiger partial charge in [-0.05, 0) is 48.7 Å². The van der Waals surface area contributed by atoms with E-state index in [1.165, 1.54) is 18.3 Å². The van der Waals surface area contributed by atoms with Gasteiger partial charge < -0.3 is 9.88 Å². The van der Waals surface area contributed by atoms with Gasteiger partial charge in [0.2, 0.25) is 5.43 Å². The number of amides is 1. The Hall–Kier alpha value is -3.09. The molecule has 0 spiro atoms. The highest BCUT2D eigenvalue weighted by molar-refractivity contribution is 6.06. The van der Waals surface area contributed by atoms with Crippen LogP contribution in [0.4, 0.5) is 18.9 Å². The number of carbonyl (C=O) groups excluding carboxylic acids is 1. The molecule has 0 aliphatic carbocycles. The number of nitrogens with one attached hydrogen (secondary N) is 1. The molecule has 0 unspecified atom stereocenters. The molecule has 1 amide bonds. The zero-order valence-corrected chi connectivity index (χ0v) is 14.1. The highest BCUT2D eigenvalue weighted by atomic mass is 19.4. The molecule has 0 atom stereocenters. The molecule has 3 aromatic rings. The van der Waals surface area contributed by atoms with E-state index in [9.17, 15) is 22.8 Å². The number of pyridine rings is 1. The number of benzene rings is 2. The number of para-hydroxylation sites is 1. The second kappa shape index (κ2) is 6.26. The molecule has 138 valence electrons. The molecule has 1 aliphatic heterocycles. The first-order chi connectivity index (χ1) is 12.8. The lowest BCUT2D eigenvalue weighted by Gasteiger charge is -2.20. The molecular formula is C20H15F3N2O2. The number of carbonyl (C=O) groups is 1. The smallest absolute Gasteiger partial charge is 0.346 e. The second-order valence-corrected chi connectivity index (χ2v) is 6.51. The first kappa shape index (κ1) is 17.3. The van der Waals surface area contributed by atoms with Crippen molar-refractivity contribution in [2.45, 2.75) is 25.6 Å². The van der Waals surface area contributed by atoms with Crippen molar-refractivity contribution in [3.8, 4) is 0 Å². The van der Waals surface area contributed by atoms with Crippen LogP contribution in [0.25, 0.3) is 10.9 Å². The fourth-order valence-corrected chi connectivity index (χ4v) is 3.46. The number of aryl methyl sites for hydroxylation is 2. The van der Waals surface area contributed by atoms with Gasteiger partial charge in [-0.2, -0.15) is 13.2 Å². The molecular weight excluding hydrogens is 357 g/mol. The largest absolute Gasteiger partial charge is 0.416 e. The SMILES string of the molecule is O=C(Nc1ccc(C(F)(F)F)cc1)c1cn2c3c(cccc3c1=O)CCC2. The van der Waals surface area contributed by atoms with Crippen molar-refractivity contribution < 1.29 is 18.0 Å². The van der Waals surface area contributed by atoms with Crippen LogP contribution in [0, 0.1) is 0 Å². The monoisotopic (exact) mass is 372 g/mol. The fourth-order valence-electron chi connectivity index (χ4n) is 3.46. The van der Waals surface area contributed by atoms with Gasteiger partial charge in [0, 0.05) is 23.8 Å². The summed E-state index contributed by atoms with van der Waals surface area (Å²) in [5, 5.41) is 2.99. The minimum Gasteiger partial charge on any atom is -0.346 e. The van der Waals surface area contributed by atoms with Gasteiger partial charge >= 0.3 is 6.18 Å². The summed E-state index contributed by atoms with van der Waals surface area (Å²) in [4.78, 5) is 25.4. The van der Waals surface area contributed by atoms with Gasteiger partial charge in [0.1, 0.15) is 5.56 Å². The molecule has 4 rings (SSSR count). The Morgan fingerprint density at radius 3 is 2.52 bits per heavy atom. The van der Waals surface area contributed by atoms with Crippen LogP contribution in [0.1, 0.15) is 27.9 Å². The maximum Gasteiger partial charge on any atom is 0.416 e. The molecule has 4 nitrogen and oxygen atoms in total. The number of halogens is 3. The van der Waals surface area contributed by atoms with Crippen LogP contribution >= 0.6 is 0 Å². The Labute approximate surface area is 152 Å². The molecule has 0 bridgehead atoms. The quantitative estimate of drug-likeness (QED) is 0.732. The molecule has 27 heavy (non-hydrogen) atoms. The summed E-state index contributed by atoms with van der Waals surface area (Å²) in [6.07, 6.45) is -1.12. The molecule has 7 heteroatoms. The minimum atomic E-state index is -4.44. The predicted molar refractivity (Wildman–Crippen MR) is 95.9 cm³/mol. The van der Waals surface area contributed by atoms with E-state index in [2.05, 4.69) is 5.32 Å². The molecule has 1 aromatic heterocycles. The highest BCUT2D eigenvalue weighted by Gasteiger charge is 2.30. The van der Waals surface area contributed by atoms with Crippen LogP contribution in [-0.2, 0) is 19.1 Å². The molecule has 2 aromatic carbocycles. The zero-order valence-electron chi connectivity index (χ0n) is 14.1. The first-order valence-electron chi connectivity index (χ1n) is 8.48. The van der Waals surface area contributed by atoms with Gasteiger partial charge in [-0.25, -0.2) is 0 Å². The molecule has 0 radical (unpaired) electrons. The lowest BCUT2D eigenvalue weighted by Crippen LogP contribution is -2.25. The molecule has 0 fully saturated rings. The Kier molecular flexibility index (Phi) is 4.02. The van der Waals surface area contributed by atoms with Crippen molar-refractivity contribution in [1.82, 2.24) is 4.57 Å². The lowest BCUT2D eigenvalue weighted by atomic mass is 9.99.